The van der Waals surface area contributed by atoms with Gasteiger partial charge in [0, 0.05) is 30.0 Å². The van der Waals surface area contributed by atoms with Crippen molar-refractivity contribution in [1.29, 1.82) is 0 Å². The number of aryl methyl sites for hydroxylation is 1. The Bertz CT molecular complexity index is 1300. The van der Waals surface area contributed by atoms with Gasteiger partial charge in [0.2, 0.25) is 0 Å². The SMILES string of the molecule is CCc1ccc(C(=O)NNC(=O)c2csc(C3CCN(C(=O)C(C)(C)Oc4ccccc4Cl)CC3)n2)cc1. The van der Waals surface area contributed by atoms with Crippen molar-refractivity contribution in [3.63, 3.8) is 0 Å². The topological polar surface area (TPSA) is 101 Å². The Morgan fingerprint density at radius 2 is 1.71 bits per heavy atom. The number of nitrogens with zero attached hydrogens (tertiary/aromatic N) is 2. The van der Waals surface area contributed by atoms with E-state index in [1.165, 1.54) is 11.3 Å². The van der Waals surface area contributed by atoms with Gasteiger partial charge in [-0.1, -0.05) is 42.8 Å². The first kappa shape index (κ1) is 27.6. The van der Waals surface area contributed by atoms with Crippen molar-refractivity contribution in [2.24, 2.45) is 0 Å². The van der Waals surface area contributed by atoms with Crippen molar-refractivity contribution in [3.8, 4) is 5.75 Å². The van der Waals surface area contributed by atoms with Crippen LogP contribution in [0.5, 0.6) is 5.75 Å². The van der Waals surface area contributed by atoms with E-state index in [-0.39, 0.29) is 17.5 Å². The number of carbonyl (C=O) groups excluding carboxylic acids is 3. The molecule has 8 nitrogen and oxygen atoms in total. The van der Waals surface area contributed by atoms with Crippen LogP contribution in [-0.4, -0.2) is 46.3 Å². The first-order chi connectivity index (χ1) is 18.2. The highest BCUT2D eigenvalue weighted by Gasteiger charge is 2.37. The molecule has 1 fully saturated rings. The standard InChI is InChI=1S/C28H31ClN4O4S/c1-4-18-9-11-19(12-10-18)24(34)31-32-25(35)22-17-38-26(30-22)20-13-15-33(16-14-20)27(36)28(2,3)37-23-8-6-5-7-21(23)29/h5-12,17,20H,4,13-16H2,1-3H3,(H,31,34)(H,32,35). The molecule has 0 radical (unpaired) electrons. The van der Waals surface area contributed by atoms with Crippen LogP contribution in [-0.2, 0) is 11.2 Å². The van der Waals surface area contributed by atoms with Gasteiger partial charge in [-0.2, -0.15) is 0 Å². The lowest BCUT2D eigenvalue weighted by molar-refractivity contribution is -0.146. The van der Waals surface area contributed by atoms with Crippen molar-refractivity contribution in [2.75, 3.05) is 13.1 Å². The molecular formula is C28H31ClN4O4S. The fraction of sp³-hybridized carbons (Fsp3) is 0.357. The number of aromatic nitrogens is 1. The van der Waals surface area contributed by atoms with Crippen LogP contribution in [0.4, 0.5) is 0 Å². The highest BCUT2D eigenvalue weighted by atomic mass is 35.5. The number of ether oxygens (including phenoxy) is 1. The Morgan fingerprint density at radius 1 is 1.05 bits per heavy atom. The van der Waals surface area contributed by atoms with E-state index >= 15 is 0 Å². The minimum absolute atomic E-state index is 0.102. The molecule has 0 unspecified atom stereocenters. The quantitative estimate of drug-likeness (QED) is 0.400. The van der Waals surface area contributed by atoms with Gasteiger partial charge in [-0.05, 0) is 62.9 Å². The lowest BCUT2D eigenvalue weighted by atomic mass is 9.96. The third-order valence-corrected chi connectivity index (χ3v) is 7.84. The number of likely N-dealkylation sites (tertiary alicyclic amines) is 1. The van der Waals surface area contributed by atoms with Crippen LogP contribution in [0.25, 0.3) is 0 Å². The van der Waals surface area contributed by atoms with E-state index < -0.39 is 17.4 Å². The number of hydrogen-bond acceptors (Lipinski definition) is 6. The van der Waals surface area contributed by atoms with E-state index in [0.717, 1.165) is 29.8 Å². The number of thiazole rings is 1. The number of amides is 3. The monoisotopic (exact) mass is 554 g/mol. The van der Waals surface area contributed by atoms with E-state index in [1.807, 2.05) is 31.2 Å². The number of piperidine rings is 1. The lowest BCUT2D eigenvalue weighted by Crippen LogP contribution is -2.51. The van der Waals surface area contributed by atoms with Crippen molar-refractivity contribution in [3.05, 3.63) is 80.8 Å². The highest BCUT2D eigenvalue weighted by Crippen LogP contribution is 2.33. The molecule has 2 N–H and O–H groups in total. The average Bonchev–Trinajstić information content (AvgIpc) is 3.43. The Balaban J connectivity index is 1.28. The molecule has 200 valence electrons. The zero-order valence-corrected chi connectivity index (χ0v) is 23.2. The number of hydrogen-bond donors (Lipinski definition) is 2. The third-order valence-electron chi connectivity index (χ3n) is 6.52. The van der Waals surface area contributed by atoms with Gasteiger partial charge in [-0.3, -0.25) is 25.2 Å². The largest absolute Gasteiger partial charge is 0.476 e. The van der Waals surface area contributed by atoms with Crippen LogP contribution in [0, 0.1) is 0 Å². The zero-order valence-electron chi connectivity index (χ0n) is 21.6. The van der Waals surface area contributed by atoms with Gasteiger partial charge in [0.15, 0.2) is 5.60 Å². The van der Waals surface area contributed by atoms with Crippen molar-refractivity contribution >= 4 is 40.7 Å². The molecular weight excluding hydrogens is 524 g/mol. The van der Waals surface area contributed by atoms with Gasteiger partial charge in [0.1, 0.15) is 11.4 Å². The molecule has 0 atom stereocenters. The van der Waals surface area contributed by atoms with Crippen LogP contribution in [0.2, 0.25) is 5.02 Å². The summed E-state index contributed by atoms with van der Waals surface area (Å²) in [6.45, 7) is 6.66. The second-order valence-corrected chi connectivity index (χ2v) is 10.9. The molecule has 0 spiro atoms. The second-order valence-electron chi connectivity index (χ2n) is 9.64. The predicted octanol–water partition coefficient (Wildman–Crippen LogP) is 5.00. The normalized spacial score (nSPS) is 14.2. The number of para-hydroxylation sites is 1. The summed E-state index contributed by atoms with van der Waals surface area (Å²) in [4.78, 5) is 44.4. The van der Waals surface area contributed by atoms with Gasteiger partial charge >= 0.3 is 0 Å². The number of halogens is 1. The maximum Gasteiger partial charge on any atom is 0.289 e. The average molecular weight is 555 g/mol. The Morgan fingerprint density at radius 3 is 2.37 bits per heavy atom. The number of benzene rings is 2. The molecule has 2 aromatic carbocycles. The van der Waals surface area contributed by atoms with Gasteiger partial charge in [0.05, 0.1) is 10.0 Å². The predicted molar refractivity (Wildman–Crippen MR) is 148 cm³/mol. The molecule has 1 aromatic heterocycles. The summed E-state index contributed by atoms with van der Waals surface area (Å²) in [6, 6.07) is 14.3. The second kappa shape index (κ2) is 12.0. The van der Waals surface area contributed by atoms with Crippen LogP contribution >= 0.6 is 22.9 Å². The van der Waals surface area contributed by atoms with E-state index in [1.54, 1.807) is 48.4 Å². The molecule has 1 aliphatic heterocycles. The molecule has 3 aromatic rings. The lowest BCUT2D eigenvalue weighted by Gasteiger charge is -2.36. The maximum atomic E-state index is 13.2. The minimum atomic E-state index is -1.06. The van der Waals surface area contributed by atoms with Gasteiger partial charge in [-0.25, -0.2) is 4.98 Å². The molecule has 1 saturated heterocycles. The van der Waals surface area contributed by atoms with Crippen LogP contribution in [0.3, 0.4) is 0 Å². The molecule has 3 amide bonds. The number of nitrogens with one attached hydrogen (secondary N) is 2. The third kappa shape index (κ3) is 6.52. The van der Waals surface area contributed by atoms with E-state index in [2.05, 4.69) is 15.8 Å². The molecule has 0 bridgehead atoms. The summed E-state index contributed by atoms with van der Waals surface area (Å²) in [5.74, 6) is -0.353. The van der Waals surface area contributed by atoms with E-state index in [0.29, 0.717) is 29.4 Å². The molecule has 38 heavy (non-hydrogen) atoms. The summed E-state index contributed by atoms with van der Waals surface area (Å²) in [5, 5.41) is 2.99. The smallest absolute Gasteiger partial charge is 0.289 e. The summed E-state index contributed by atoms with van der Waals surface area (Å²) in [6.07, 6.45) is 2.34. The van der Waals surface area contributed by atoms with E-state index in [9.17, 15) is 14.4 Å². The maximum absolute atomic E-state index is 13.2. The van der Waals surface area contributed by atoms with Crippen LogP contribution in [0.1, 0.15) is 70.9 Å². The summed E-state index contributed by atoms with van der Waals surface area (Å²) in [7, 11) is 0. The molecule has 10 heteroatoms. The molecule has 0 saturated carbocycles. The van der Waals surface area contributed by atoms with Crippen molar-refractivity contribution in [1.82, 2.24) is 20.7 Å². The summed E-state index contributed by atoms with van der Waals surface area (Å²) in [5.41, 5.74) is 5.65. The van der Waals surface area contributed by atoms with Crippen molar-refractivity contribution in [2.45, 2.75) is 51.6 Å². The first-order valence-electron chi connectivity index (χ1n) is 12.6. The van der Waals surface area contributed by atoms with Crippen LogP contribution < -0.4 is 15.6 Å². The molecule has 0 aliphatic carbocycles. The van der Waals surface area contributed by atoms with Crippen molar-refractivity contribution < 1.29 is 19.1 Å². The van der Waals surface area contributed by atoms with E-state index in [4.69, 9.17) is 16.3 Å². The fourth-order valence-corrected chi connectivity index (χ4v) is 5.42. The van der Waals surface area contributed by atoms with Crippen LogP contribution in [0.15, 0.2) is 53.9 Å². The summed E-state index contributed by atoms with van der Waals surface area (Å²) < 4.78 is 5.96. The van der Waals surface area contributed by atoms with Gasteiger partial charge in [0.25, 0.3) is 17.7 Å². The fourth-order valence-electron chi connectivity index (χ4n) is 4.28. The molecule has 4 rings (SSSR count). The first-order valence-corrected chi connectivity index (χ1v) is 13.8. The Labute approximate surface area is 231 Å². The number of carbonyl (C=O) groups is 3. The Hall–Kier alpha value is -3.43. The zero-order chi connectivity index (χ0) is 27.3. The van der Waals surface area contributed by atoms with Gasteiger partial charge < -0.3 is 9.64 Å². The summed E-state index contributed by atoms with van der Waals surface area (Å²) >= 11 is 7.61. The highest BCUT2D eigenvalue weighted by molar-refractivity contribution is 7.09. The van der Waals surface area contributed by atoms with Gasteiger partial charge in [-0.15, -0.1) is 11.3 Å². The minimum Gasteiger partial charge on any atom is -0.476 e. The Kier molecular flexibility index (Phi) is 8.69. The number of rotatable bonds is 7. The molecule has 1 aliphatic rings. The molecule has 2 heterocycles. The number of hydrazine groups is 1.